The van der Waals surface area contributed by atoms with E-state index in [0.717, 1.165) is 56.9 Å². The molecule has 0 radical (unpaired) electrons. The quantitative estimate of drug-likeness (QED) is 0.347. The van der Waals surface area contributed by atoms with Crippen LogP contribution in [0, 0.1) is 12.8 Å². The lowest BCUT2D eigenvalue weighted by Gasteiger charge is -2.34. The van der Waals surface area contributed by atoms with Gasteiger partial charge in [-0.15, -0.1) is 34.2 Å². The van der Waals surface area contributed by atoms with E-state index < -0.39 is 0 Å². The predicted molar refractivity (Wildman–Crippen MR) is 115 cm³/mol. The van der Waals surface area contributed by atoms with Crippen molar-refractivity contribution in [3.8, 4) is 0 Å². The van der Waals surface area contributed by atoms with E-state index in [2.05, 4.69) is 51.5 Å². The fourth-order valence-electron chi connectivity index (χ4n) is 2.88. The molecule has 1 saturated heterocycles. The number of hydrogen-bond donors (Lipinski definition) is 2. The highest BCUT2D eigenvalue weighted by atomic mass is 127. The van der Waals surface area contributed by atoms with Crippen molar-refractivity contribution in [2.24, 2.45) is 18.0 Å². The molecule has 0 aliphatic carbocycles. The Balaban J connectivity index is 0.00000338. The first-order valence-corrected chi connectivity index (χ1v) is 9.20. The molecule has 2 rings (SSSR count). The minimum Gasteiger partial charge on any atom is -0.374 e. The maximum absolute atomic E-state index is 5.89. The van der Waals surface area contributed by atoms with Crippen LogP contribution in [0.15, 0.2) is 4.99 Å². The molecule has 1 atom stereocenters. The highest BCUT2D eigenvalue weighted by Gasteiger charge is 2.21. The van der Waals surface area contributed by atoms with Crippen LogP contribution in [-0.4, -0.2) is 71.1 Å². The summed E-state index contributed by atoms with van der Waals surface area (Å²) in [5.74, 6) is 3.21. The van der Waals surface area contributed by atoms with E-state index in [1.807, 2.05) is 18.5 Å². The molecular formula is C17H34IN7O. The summed E-state index contributed by atoms with van der Waals surface area (Å²) in [7, 11) is 1.96. The standard InChI is InChI=1S/C17H33N7O.HI/c1-6-18-17(20-10-16-22-21-14(4)23(16)5)19-9-15-12-24(7-8-25-15)11-13(2)3;/h13,15H,6-12H2,1-5H3,(H2,18,19,20);1H. The van der Waals surface area contributed by atoms with Gasteiger partial charge in [0.05, 0.1) is 12.7 Å². The minimum absolute atomic E-state index is 0. The first kappa shape index (κ1) is 23.1. The van der Waals surface area contributed by atoms with E-state index in [1.165, 1.54) is 0 Å². The number of halogens is 1. The van der Waals surface area contributed by atoms with Crippen molar-refractivity contribution in [1.82, 2.24) is 30.3 Å². The van der Waals surface area contributed by atoms with Crippen LogP contribution in [0.1, 0.15) is 32.4 Å². The molecule has 1 aromatic rings. The molecule has 9 heteroatoms. The molecule has 2 heterocycles. The van der Waals surface area contributed by atoms with Crippen molar-refractivity contribution in [1.29, 1.82) is 0 Å². The predicted octanol–water partition coefficient (Wildman–Crippen LogP) is 1.15. The summed E-state index contributed by atoms with van der Waals surface area (Å²) in [4.78, 5) is 7.09. The largest absolute Gasteiger partial charge is 0.374 e. The molecule has 1 aliphatic heterocycles. The Hall–Kier alpha value is -0.940. The van der Waals surface area contributed by atoms with E-state index in [4.69, 9.17) is 4.74 Å². The van der Waals surface area contributed by atoms with E-state index in [9.17, 15) is 0 Å². The average Bonchev–Trinajstić information content (AvgIpc) is 2.89. The number of guanidine groups is 1. The Morgan fingerprint density at radius 2 is 2.12 bits per heavy atom. The zero-order valence-electron chi connectivity index (χ0n) is 16.7. The van der Waals surface area contributed by atoms with Crippen molar-refractivity contribution in [2.75, 3.05) is 39.3 Å². The number of ether oxygens (including phenoxy) is 1. The third-order valence-corrected chi connectivity index (χ3v) is 4.25. The van der Waals surface area contributed by atoms with Gasteiger partial charge in [-0.3, -0.25) is 4.90 Å². The topological polar surface area (TPSA) is 79.6 Å². The molecule has 0 saturated carbocycles. The van der Waals surface area contributed by atoms with Gasteiger partial charge >= 0.3 is 0 Å². The lowest BCUT2D eigenvalue weighted by atomic mass is 10.2. The lowest BCUT2D eigenvalue weighted by molar-refractivity contribution is -0.0284. The molecule has 1 fully saturated rings. The van der Waals surface area contributed by atoms with Gasteiger partial charge in [-0.1, -0.05) is 13.8 Å². The van der Waals surface area contributed by atoms with Crippen molar-refractivity contribution in [3.05, 3.63) is 11.6 Å². The summed E-state index contributed by atoms with van der Waals surface area (Å²) < 4.78 is 7.85. The van der Waals surface area contributed by atoms with Crippen LogP contribution >= 0.6 is 24.0 Å². The second-order valence-corrected chi connectivity index (χ2v) is 6.94. The van der Waals surface area contributed by atoms with E-state index in [0.29, 0.717) is 12.5 Å². The van der Waals surface area contributed by atoms with Gasteiger partial charge in [-0.05, 0) is 19.8 Å². The summed E-state index contributed by atoms with van der Waals surface area (Å²) in [6.45, 7) is 14.5. The number of aryl methyl sites for hydroxylation is 1. The Morgan fingerprint density at radius 3 is 2.73 bits per heavy atom. The summed E-state index contributed by atoms with van der Waals surface area (Å²) in [6, 6.07) is 0. The number of nitrogens with zero attached hydrogens (tertiary/aromatic N) is 5. The Morgan fingerprint density at radius 1 is 1.35 bits per heavy atom. The fourth-order valence-corrected chi connectivity index (χ4v) is 2.88. The fraction of sp³-hybridized carbons (Fsp3) is 0.824. The normalized spacial score (nSPS) is 18.7. The maximum Gasteiger partial charge on any atom is 0.191 e. The van der Waals surface area contributed by atoms with Gasteiger partial charge in [0.1, 0.15) is 12.4 Å². The van der Waals surface area contributed by atoms with E-state index in [1.54, 1.807) is 0 Å². The van der Waals surface area contributed by atoms with Crippen LogP contribution in [-0.2, 0) is 18.3 Å². The van der Waals surface area contributed by atoms with Crippen LogP contribution in [0.5, 0.6) is 0 Å². The van der Waals surface area contributed by atoms with Gasteiger partial charge in [-0.25, -0.2) is 4.99 Å². The van der Waals surface area contributed by atoms with Gasteiger partial charge in [-0.2, -0.15) is 0 Å². The SMILES string of the molecule is CCNC(=NCc1nnc(C)n1C)NCC1CN(CC(C)C)CCO1.I. The van der Waals surface area contributed by atoms with Gasteiger partial charge in [0.2, 0.25) is 0 Å². The summed E-state index contributed by atoms with van der Waals surface area (Å²) >= 11 is 0. The van der Waals surface area contributed by atoms with Gasteiger partial charge in [0.15, 0.2) is 11.8 Å². The molecule has 0 bridgehead atoms. The highest BCUT2D eigenvalue weighted by Crippen LogP contribution is 2.07. The minimum atomic E-state index is 0. The molecule has 2 N–H and O–H groups in total. The smallest absolute Gasteiger partial charge is 0.191 e. The van der Waals surface area contributed by atoms with Crippen molar-refractivity contribution in [3.63, 3.8) is 0 Å². The van der Waals surface area contributed by atoms with Crippen LogP contribution in [0.3, 0.4) is 0 Å². The zero-order chi connectivity index (χ0) is 18.2. The average molecular weight is 479 g/mol. The van der Waals surface area contributed by atoms with Crippen molar-refractivity contribution in [2.45, 2.75) is 40.3 Å². The molecule has 0 amide bonds. The summed E-state index contributed by atoms with van der Waals surface area (Å²) in [6.07, 6.45) is 0.188. The molecule has 0 aromatic carbocycles. The van der Waals surface area contributed by atoms with Crippen LogP contribution in [0.25, 0.3) is 0 Å². The van der Waals surface area contributed by atoms with E-state index in [-0.39, 0.29) is 30.1 Å². The third-order valence-electron chi connectivity index (χ3n) is 4.25. The number of hydrogen-bond acceptors (Lipinski definition) is 5. The maximum atomic E-state index is 5.89. The highest BCUT2D eigenvalue weighted by molar-refractivity contribution is 14.0. The first-order valence-electron chi connectivity index (χ1n) is 9.20. The number of aromatic nitrogens is 3. The van der Waals surface area contributed by atoms with Crippen LogP contribution in [0.4, 0.5) is 0 Å². The summed E-state index contributed by atoms with van der Waals surface area (Å²) in [5, 5.41) is 14.9. The second kappa shape index (κ2) is 11.7. The molecule has 0 spiro atoms. The third kappa shape index (κ3) is 7.36. The lowest BCUT2D eigenvalue weighted by Crippen LogP contribution is -2.50. The molecule has 8 nitrogen and oxygen atoms in total. The summed E-state index contributed by atoms with van der Waals surface area (Å²) in [5.41, 5.74) is 0. The van der Waals surface area contributed by atoms with Gasteiger partial charge < -0.3 is 19.9 Å². The molecule has 1 unspecified atom stereocenters. The van der Waals surface area contributed by atoms with Gasteiger partial charge in [0, 0.05) is 39.8 Å². The molecule has 26 heavy (non-hydrogen) atoms. The Bertz CT molecular complexity index is 561. The van der Waals surface area contributed by atoms with Crippen molar-refractivity contribution >= 4 is 29.9 Å². The van der Waals surface area contributed by atoms with Crippen LogP contribution < -0.4 is 10.6 Å². The number of rotatable bonds is 7. The number of morpholine rings is 1. The van der Waals surface area contributed by atoms with Gasteiger partial charge in [0.25, 0.3) is 0 Å². The molecular weight excluding hydrogens is 445 g/mol. The zero-order valence-corrected chi connectivity index (χ0v) is 19.0. The number of nitrogens with one attached hydrogen (secondary N) is 2. The first-order chi connectivity index (χ1) is 12.0. The molecule has 150 valence electrons. The monoisotopic (exact) mass is 479 g/mol. The van der Waals surface area contributed by atoms with E-state index >= 15 is 0 Å². The molecule has 1 aromatic heterocycles. The van der Waals surface area contributed by atoms with Crippen LogP contribution in [0.2, 0.25) is 0 Å². The van der Waals surface area contributed by atoms with Crippen molar-refractivity contribution < 1.29 is 4.74 Å². The second-order valence-electron chi connectivity index (χ2n) is 6.94. The Labute approximate surface area is 174 Å². The number of aliphatic imine (C=N–C) groups is 1. The molecule has 1 aliphatic rings. The Kier molecular flexibility index (Phi) is 10.4.